The number of nitrogens with zero attached hydrogens (tertiary/aromatic N) is 3. The van der Waals surface area contributed by atoms with Crippen molar-refractivity contribution in [2.75, 3.05) is 5.43 Å². The molecule has 1 N–H and O–H groups in total. The lowest BCUT2D eigenvalue weighted by Gasteiger charge is -2.02. The second kappa shape index (κ2) is 7.32. The highest BCUT2D eigenvalue weighted by Crippen LogP contribution is 2.28. The number of nitro benzene ring substituents is 2. The maximum atomic E-state index is 11.0. The van der Waals surface area contributed by atoms with Gasteiger partial charge in [0.15, 0.2) is 0 Å². The number of non-ortho nitro benzene ring substituents is 1. The monoisotopic (exact) mass is 334 g/mol. The highest BCUT2D eigenvalue weighted by molar-refractivity contribution is 6.30. The van der Waals surface area contributed by atoms with E-state index in [2.05, 4.69) is 10.5 Å². The fourth-order valence-electron chi connectivity index (χ4n) is 1.77. The van der Waals surface area contributed by atoms with Crippen LogP contribution in [0.5, 0.6) is 0 Å². The van der Waals surface area contributed by atoms with E-state index in [9.17, 15) is 20.2 Å². The van der Waals surface area contributed by atoms with Crippen molar-refractivity contribution < 1.29 is 9.85 Å². The number of nitro groups is 2. The zero-order chi connectivity index (χ0) is 16.8. The van der Waals surface area contributed by atoms with Gasteiger partial charge in [0.2, 0.25) is 0 Å². The highest BCUT2D eigenvalue weighted by Gasteiger charge is 2.18. The van der Waals surface area contributed by atoms with Gasteiger partial charge in [0.05, 0.1) is 15.9 Å². The summed E-state index contributed by atoms with van der Waals surface area (Å²) in [4.78, 5) is 20.2. The molecule has 0 atom stereocenters. The molecule has 0 aliphatic carbocycles. The molecule has 0 heterocycles. The SMILES string of the molecule is O=[N+]([O-])c1ccc(NN=CCc2ccc(Cl)cc2)c([N+](=O)[O-])c1. The Labute approximate surface area is 135 Å². The molecule has 9 heteroatoms. The molecule has 0 unspecified atom stereocenters. The van der Waals surface area contributed by atoms with Crippen LogP contribution < -0.4 is 5.43 Å². The van der Waals surface area contributed by atoms with Gasteiger partial charge >= 0.3 is 5.69 Å². The first-order valence-electron chi connectivity index (χ1n) is 6.42. The average molecular weight is 335 g/mol. The molecular weight excluding hydrogens is 324 g/mol. The first kappa shape index (κ1) is 16.4. The number of hydrogen-bond donors (Lipinski definition) is 1. The number of rotatable bonds is 6. The van der Waals surface area contributed by atoms with Crippen molar-refractivity contribution in [1.29, 1.82) is 0 Å². The third kappa shape index (κ3) is 4.48. The Kier molecular flexibility index (Phi) is 5.21. The summed E-state index contributed by atoms with van der Waals surface area (Å²) in [6.45, 7) is 0. The lowest BCUT2D eigenvalue weighted by Crippen LogP contribution is -1.99. The van der Waals surface area contributed by atoms with Crippen LogP contribution in [0.4, 0.5) is 17.1 Å². The van der Waals surface area contributed by atoms with Crippen molar-refractivity contribution in [1.82, 2.24) is 0 Å². The van der Waals surface area contributed by atoms with E-state index in [4.69, 9.17) is 11.6 Å². The quantitative estimate of drug-likeness (QED) is 0.490. The average Bonchev–Trinajstić information content (AvgIpc) is 2.53. The Morgan fingerprint density at radius 2 is 1.78 bits per heavy atom. The highest BCUT2D eigenvalue weighted by atomic mass is 35.5. The molecule has 0 aliphatic rings. The van der Waals surface area contributed by atoms with Gasteiger partial charge in [0.25, 0.3) is 5.69 Å². The molecule has 8 nitrogen and oxygen atoms in total. The molecule has 0 amide bonds. The predicted molar refractivity (Wildman–Crippen MR) is 87.0 cm³/mol. The predicted octanol–water partition coefficient (Wildman–Crippen LogP) is 3.80. The maximum absolute atomic E-state index is 11.0. The molecular formula is C14H11ClN4O4. The standard InChI is InChI=1S/C14H11ClN4O4/c15-11-3-1-10(2-4-11)7-8-16-17-13-6-5-12(18(20)21)9-14(13)19(22)23/h1-6,8-9,17H,7H2. The van der Waals surface area contributed by atoms with Gasteiger partial charge in [-0.2, -0.15) is 5.10 Å². The van der Waals surface area contributed by atoms with Gasteiger partial charge in [-0.05, 0) is 23.8 Å². The van der Waals surface area contributed by atoms with Gasteiger partial charge < -0.3 is 0 Å². The van der Waals surface area contributed by atoms with E-state index in [1.807, 2.05) is 12.1 Å². The largest absolute Gasteiger partial charge is 0.301 e. The van der Waals surface area contributed by atoms with E-state index < -0.39 is 15.5 Å². The van der Waals surface area contributed by atoms with Gasteiger partial charge in [-0.15, -0.1) is 0 Å². The fraction of sp³-hybridized carbons (Fsp3) is 0.0714. The number of halogens is 1. The second-order valence-corrected chi connectivity index (χ2v) is 4.91. The summed E-state index contributed by atoms with van der Waals surface area (Å²) in [6, 6.07) is 10.5. The van der Waals surface area contributed by atoms with Crippen LogP contribution in [-0.2, 0) is 6.42 Å². The third-order valence-corrected chi connectivity index (χ3v) is 3.16. The Bertz CT molecular complexity index is 762. The Morgan fingerprint density at radius 3 is 2.39 bits per heavy atom. The molecule has 0 aliphatic heterocycles. The van der Waals surface area contributed by atoms with Crippen molar-refractivity contribution in [2.24, 2.45) is 5.10 Å². The van der Waals surface area contributed by atoms with E-state index in [0.717, 1.165) is 11.6 Å². The third-order valence-electron chi connectivity index (χ3n) is 2.91. The van der Waals surface area contributed by atoms with E-state index in [1.165, 1.54) is 18.3 Å². The summed E-state index contributed by atoms with van der Waals surface area (Å²) in [7, 11) is 0. The van der Waals surface area contributed by atoms with Gasteiger partial charge in [-0.1, -0.05) is 23.7 Å². The summed E-state index contributed by atoms with van der Waals surface area (Å²) in [5.41, 5.74) is 2.80. The van der Waals surface area contributed by atoms with Crippen molar-refractivity contribution in [3.8, 4) is 0 Å². The van der Waals surface area contributed by atoms with Crippen LogP contribution in [0.2, 0.25) is 5.02 Å². The minimum atomic E-state index is -0.704. The van der Waals surface area contributed by atoms with E-state index >= 15 is 0 Å². The lowest BCUT2D eigenvalue weighted by atomic mass is 10.2. The van der Waals surface area contributed by atoms with E-state index in [-0.39, 0.29) is 11.4 Å². The summed E-state index contributed by atoms with van der Waals surface area (Å²) in [5.74, 6) is 0. The summed E-state index contributed by atoms with van der Waals surface area (Å²) in [6.07, 6.45) is 2.04. The van der Waals surface area contributed by atoms with E-state index in [0.29, 0.717) is 11.4 Å². The molecule has 23 heavy (non-hydrogen) atoms. The second-order valence-electron chi connectivity index (χ2n) is 4.47. The first-order chi connectivity index (χ1) is 11.0. The van der Waals surface area contributed by atoms with Crippen molar-refractivity contribution in [3.63, 3.8) is 0 Å². The number of anilines is 1. The van der Waals surface area contributed by atoms with Crippen LogP contribution in [0.15, 0.2) is 47.6 Å². The zero-order valence-corrected chi connectivity index (χ0v) is 12.4. The number of hydrogen-bond acceptors (Lipinski definition) is 6. The molecule has 0 radical (unpaired) electrons. The molecule has 118 valence electrons. The minimum Gasteiger partial charge on any atom is -0.272 e. The molecule has 0 bridgehead atoms. The summed E-state index contributed by atoms with van der Waals surface area (Å²) < 4.78 is 0. The number of benzene rings is 2. The normalized spacial score (nSPS) is 10.7. The Morgan fingerprint density at radius 1 is 1.09 bits per heavy atom. The number of nitrogens with one attached hydrogen (secondary N) is 1. The lowest BCUT2D eigenvalue weighted by molar-refractivity contribution is -0.393. The summed E-state index contributed by atoms with van der Waals surface area (Å²) >= 11 is 5.78. The topological polar surface area (TPSA) is 111 Å². The van der Waals surface area contributed by atoms with E-state index in [1.54, 1.807) is 12.1 Å². The smallest absolute Gasteiger partial charge is 0.272 e. The van der Waals surface area contributed by atoms with Crippen LogP contribution >= 0.6 is 11.6 Å². The van der Waals surface area contributed by atoms with Crippen LogP contribution in [0, 0.1) is 20.2 Å². The van der Waals surface area contributed by atoms with Gasteiger partial charge in [-0.3, -0.25) is 25.7 Å². The minimum absolute atomic E-state index is 0.0768. The van der Waals surface area contributed by atoms with Gasteiger partial charge in [-0.25, -0.2) is 0 Å². The molecule has 0 saturated carbocycles. The molecule has 0 spiro atoms. The molecule has 0 saturated heterocycles. The Balaban J connectivity index is 2.07. The first-order valence-corrected chi connectivity index (χ1v) is 6.80. The summed E-state index contributed by atoms with van der Waals surface area (Å²) in [5, 5.41) is 26.1. The molecule has 0 fully saturated rings. The molecule has 0 aromatic heterocycles. The van der Waals surface area contributed by atoms with Gasteiger partial charge in [0.1, 0.15) is 5.69 Å². The van der Waals surface area contributed by atoms with Crippen LogP contribution in [0.3, 0.4) is 0 Å². The van der Waals surface area contributed by atoms with Crippen LogP contribution in [0.1, 0.15) is 5.56 Å². The molecule has 2 rings (SSSR count). The van der Waals surface area contributed by atoms with Crippen molar-refractivity contribution >= 4 is 34.9 Å². The maximum Gasteiger partial charge on any atom is 0.301 e. The zero-order valence-electron chi connectivity index (χ0n) is 11.7. The van der Waals surface area contributed by atoms with Crippen molar-refractivity contribution in [2.45, 2.75) is 6.42 Å². The van der Waals surface area contributed by atoms with Crippen LogP contribution in [-0.4, -0.2) is 16.1 Å². The molecule has 2 aromatic rings. The number of hydrazone groups is 1. The van der Waals surface area contributed by atoms with Gasteiger partial charge in [0, 0.05) is 23.7 Å². The van der Waals surface area contributed by atoms with Crippen LogP contribution in [0.25, 0.3) is 0 Å². The Hall–Kier alpha value is -3.00. The van der Waals surface area contributed by atoms with Crippen molar-refractivity contribution in [3.05, 3.63) is 73.3 Å². The molecule has 2 aromatic carbocycles. The fourth-order valence-corrected chi connectivity index (χ4v) is 1.89.